The molecule has 0 aliphatic heterocycles. The van der Waals surface area contributed by atoms with Gasteiger partial charge in [-0.05, 0) is 26.0 Å². The summed E-state index contributed by atoms with van der Waals surface area (Å²) in [6, 6.07) is 3.19. The Hall–Kier alpha value is -1.43. The molecular formula is C11H16N2O3S. The summed E-state index contributed by atoms with van der Waals surface area (Å²) in [5, 5.41) is 4.47. The van der Waals surface area contributed by atoms with Gasteiger partial charge in [-0.15, -0.1) is 11.8 Å². The monoisotopic (exact) mass is 256 g/mol. The Bertz CT molecular complexity index is 365. The molecule has 1 aromatic rings. The van der Waals surface area contributed by atoms with E-state index in [9.17, 15) is 9.59 Å². The van der Waals surface area contributed by atoms with Gasteiger partial charge in [0.05, 0.1) is 17.3 Å². The summed E-state index contributed by atoms with van der Waals surface area (Å²) >= 11 is 1.42. The molecule has 3 amide bonds. The van der Waals surface area contributed by atoms with Crippen molar-refractivity contribution in [1.29, 1.82) is 0 Å². The van der Waals surface area contributed by atoms with Crippen molar-refractivity contribution in [3.8, 4) is 0 Å². The Labute approximate surface area is 104 Å². The largest absolute Gasteiger partial charge is 0.468 e. The van der Waals surface area contributed by atoms with E-state index in [1.54, 1.807) is 26.2 Å². The molecule has 6 heteroatoms. The van der Waals surface area contributed by atoms with Gasteiger partial charge in [-0.3, -0.25) is 10.1 Å². The maximum atomic E-state index is 11.6. The molecule has 0 saturated heterocycles. The lowest BCUT2D eigenvalue weighted by molar-refractivity contribution is -0.119. The number of amides is 3. The zero-order valence-electron chi connectivity index (χ0n) is 9.86. The van der Waals surface area contributed by atoms with Crippen LogP contribution in [-0.4, -0.2) is 23.7 Å². The third kappa shape index (κ3) is 4.95. The van der Waals surface area contributed by atoms with Crippen molar-refractivity contribution < 1.29 is 14.0 Å². The highest BCUT2D eigenvalue weighted by atomic mass is 32.2. The minimum atomic E-state index is -0.456. The molecule has 0 aromatic carbocycles. The first-order valence-electron chi connectivity index (χ1n) is 5.36. The van der Waals surface area contributed by atoms with Crippen LogP contribution in [0.15, 0.2) is 22.8 Å². The number of thioether (sulfide) groups is 1. The molecule has 2 N–H and O–H groups in total. The van der Waals surface area contributed by atoms with Gasteiger partial charge in [0, 0.05) is 6.54 Å². The second-order valence-electron chi connectivity index (χ2n) is 3.38. The summed E-state index contributed by atoms with van der Waals surface area (Å²) in [5.41, 5.74) is 0. The summed E-state index contributed by atoms with van der Waals surface area (Å²) in [4.78, 5) is 22.7. The highest BCUT2D eigenvalue weighted by Gasteiger charge is 2.16. The summed E-state index contributed by atoms with van der Waals surface area (Å²) in [7, 11) is 0. The van der Waals surface area contributed by atoms with Crippen molar-refractivity contribution in [3.63, 3.8) is 0 Å². The summed E-state index contributed by atoms with van der Waals surface area (Å²) in [6.45, 7) is 4.04. The highest BCUT2D eigenvalue weighted by Crippen LogP contribution is 2.17. The molecule has 0 aliphatic rings. The molecule has 0 fully saturated rings. The van der Waals surface area contributed by atoms with Crippen molar-refractivity contribution in [1.82, 2.24) is 10.6 Å². The smallest absolute Gasteiger partial charge is 0.321 e. The van der Waals surface area contributed by atoms with Gasteiger partial charge in [-0.2, -0.15) is 0 Å². The standard InChI is InChI=1S/C11H16N2O3S/c1-3-12-11(15)13-10(14)8(2)17-7-9-5-4-6-16-9/h4-6,8H,3,7H2,1-2H3,(H2,12,13,14,15). The average Bonchev–Trinajstić information content (AvgIpc) is 2.78. The van der Waals surface area contributed by atoms with E-state index in [1.807, 2.05) is 6.07 Å². The van der Waals surface area contributed by atoms with Crippen LogP contribution in [0.25, 0.3) is 0 Å². The molecule has 0 radical (unpaired) electrons. The van der Waals surface area contributed by atoms with E-state index in [4.69, 9.17) is 4.42 Å². The zero-order valence-corrected chi connectivity index (χ0v) is 10.7. The summed E-state index contributed by atoms with van der Waals surface area (Å²) in [6.07, 6.45) is 1.59. The molecule has 1 aromatic heterocycles. The first kappa shape index (κ1) is 13.6. The predicted octanol–water partition coefficient (Wildman–Crippen LogP) is 1.75. The van der Waals surface area contributed by atoms with E-state index in [0.29, 0.717) is 12.3 Å². The Morgan fingerprint density at radius 1 is 1.53 bits per heavy atom. The van der Waals surface area contributed by atoms with E-state index >= 15 is 0 Å². The third-order valence-corrected chi connectivity index (χ3v) is 3.16. The van der Waals surface area contributed by atoms with Crippen LogP contribution in [0.5, 0.6) is 0 Å². The van der Waals surface area contributed by atoms with Crippen LogP contribution in [0, 0.1) is 0 Å². The van der Waals surface area contributed by atoms with Gasteiger partial charge >= 0.3 is 6.03 Å². The minimum Gasteiger partial charge on any atom is -0.468 e. The van der Waals surface area contributed by atoms with Crippen molar-refractivity contribution in [2.75, 3.05) is 6.54 Å². The number of carbonyl (C=O) groups excluding carboxylic acids is 2. The van der Waals surface area contributed by atoms with Crippen LogP contribution >= 0.6 is 11.8 Å². The first-order valence-corrected chi connectivity index (χ1v) is 6.41. The van der Waals surface area contributed by atoms with Crippen LogP contribution in [0.1, 0.15) is 19.6 Å². The Balaban J connectivity index is 2.29. The van der Waals surface area contributed by atoms with Crippen LogP contribution < -0.4 is 10.6 Å². The number of urea groups is 1. The third-order valence-electron chi connectivity index (χ3n) is 2.00. The Kier molecular flexibility index (Phi) is 5.62. The molecule has 17 heavy (non-hydrogen) atoms. The molecule has 1 unspecified atom stereocenters. The van der Waals surface area contributed by atoms with E-state index < -0.39 is 6.03 Å². The Morgan fingerprint density at radius 3 is 2.88 bits per heavy atom. The molecule has 0 aliphatic carbocycles. The molecule has 0 bridgehead atoms. The Morgan fingerprint density at radius 2 is 2.29 bits per heavy atom. The topological polar surface area (TPSA) is 71.3 Å². The maximum absolute atomic E-state index is 11.6. The number of hydrogen-bond donors (Lipinski definition) is 2. The van der Waals surface area contributed by atoms with Gasteiger partial charge in [0.1, 0.15) is 5.76 Å². The average molecular weight is 256 g/mol. The number of imide groups is 1. The van der Waals surface area contributed by atoms with Crippen molar-refractivity contribution in [3.05, 3.63) is 24.2 Å². The number of hydrogen-bond acceptors (Lipinski definition) is 4. The van der Waals surface area contributed by atoms with E-state index in [1.165, 1.54) is 11.8 Å². The van der Waals surface area contributed by atoms with Gasteiger partial charge in [-0.25, -0.2) is 4.79 Å². The number of rotatable bonds is 5. The molecule has 1 rings (SSSR count). The fourth-order valence-electron chi connectivity index (χ4n) is 1.10. The quantitative estimate of drug-likeness (QED) is 0.842. The van der Waals surface area contributed by atoms with Crippen LogP contribution in [0.4, 0.5) is 4.79 Å². The molecule has 0 saturated carbocycles. The highest BCUT2D eigenvalue weighted by molar-refractivity contribution is 7.99. The number of carbonyl (C=O) groups is 2. The molecule has 1 atom stereocenters. The fourth-order valence-corrected chi connectivity index (χ4v) is 1.88. The fraction of sp³-hybridized carbons (Fsp3) is 0.455. The van der Waals surface area contributed by atoms with Crippen LogP contribution in [0.2, 0.25) is 0 Å². The van der Waals surface area contributed by atoms with Gasteiger partial charge in [0.15, 0.2) is 0 Å². The number of nitrogens with one attached hydrogen (secondary N) is 2. The van der Waals surface area contributed by atoms with Gasteiger partial charge in [0.2, 0.25) is 5.91 Å². The minimum absolute atomic E-state index is 0.299. The molecule has 5 nitrogen and oxygen atoms in total. The molecular weight excluding hydrogens is 240 g/mol. The lowest BCUT2D eigenvalue weighted by atomic mass is 10.4. The zero-order chi connectivity index (χ0) is 12.7. The second-order valence-corrected chi connectivity index (χ2v) is 4.71. The first-order chi connectivity index (χ1) is 8.13. The molecule has 0 spiro atoms. The molecule has 1 heterocycles. The lowest BCUT2D eigenvalue weighted by Crippen LogP contribution is -2.42. The SMILES string of the molecule is CCNC(=O)NC(=O)C(C)SCc1ccco1. The van der Waals surface area contributed by atoms with Gasteiger partial charge < -0.3 is 9.73 Å². The van der Waals surface area contributed by atoms with Crippen LogP contribution in [-0.2, 0) is 10.5 Å². The predicted molar refractivity (Wildman–Crippen MR) is 66.7 cm³/mol. The summed E-state index contributed by atoms with van der Waals surface area (Å²) in [5.74, 6) is 1.12. The number of furan rings is 1. The normalized spacial score (nSPS) is 11.9. The van der Waals surface area contributed by atoms with Gasteiger partial charge in [0.25, 0.3) is 0 Å². The van der Waals surface area contributed by atoms with Gasteiger partial charge in [-0.1, -0.05) is 0 Å². The molecule has 94 valence electrons. The van der Waals surface area contributed by atoms with Crippen molar-refractivity contribution >= 4 is 23.7 Å². The van der Waals surface area contributed by atoms with E-state index in [-0.39, 0.29) is 11.2 Å². The van der Waals surface area contributed by atoms with E-state index in [2.05, 4.69) is 10.6 Å². The lowest BCUT2D eigenvalue weighted by Gasteiger charge is -2.10. The van der Waals surface area contributed by atoms with Crippen LogP contribution in [0.3, 0.4) is 0 Å². The maximum Gasteiger partial charge on any atom is 0.321 e. The van der Waals surface area contributed by atoms with Crippen molar-refractivity contribution in [2.45, 2.75) is 24.9 Å². The summed E-state index contributed by atoms with van der Waals surface area (Å²) < 4.78 is 5.15. The van der Waals surface area contributed by atoms with Crippen molar-refractivity contribution in [2.24, 2.45) is 0 Å². The second kappa shape index (κ2) is 7.01. The van der Waals surface area contributed by atoms with E-state index in [0.717, 1.165) is 5.76 Å².